The Bertz CT molecular complexity index is 1300. The molecule has 3 atom stereocenters. The van der Waals surface area contributed by atoms with Crippen molar-refractivity contribution in [2.75, 3.05) is 13.2 Å². The van der Waals surface area contributed by atoms with Crippen molar-refractivity contribution in [3.8, 4) is 0 Å². The summed E-state index contributed by atoms with van der Waals surface area (Å²) in [7, 11) is 0. The molecule has 4 aromatic rings. The summed E-state index contributed by atoms with van der Waals surface area (Å²) in [5, 5.41) is 5.39. The number of rotatable bonds is 9. The second kappa shape index (κ2) is 12.0. The van der Waals surface area contributed by atoms with E-state index in [0.29, 0.717) is 0 Å². The molecule has 4 aromatic carbocycles. The topological polar surface area (TPSA) is 50.4 Å². The molecule has 0 aromatic heterocycles. The Morgan fingerprint density at radius 1 is 0.750 bits per heavy atom. The smallest absolute Gasteiger partial charge is 0.359 e. The Kier molecular flexibility index (Phi) is 8.40. The number of hydrogen-bond acceptors (Lipinski definition) is 3. The fourth-order valence-corrected chi connectivity index (χ4v) is 5.68. The third-order valence-electron chi connectivity index (χ3n) is 7.31. The summed E-state index contributed by atoms with van der Waals surface area (Å²) < 4.78 is 46.4. The molecule has 1 heterocycles. The standard InChI is InChI=1S/C32H28BrF3N2O2/c33-26-18-16-22(17-19-26)29-27(20-37-30(39)32(34,35)36)38-28(29)21-40-31(23-10-4-1-5-11-23,24-12-6-2-7-13-24)25-14-8-3-9-15-25/h1-19,27-29,38H,20-21H2,(H,37,39)/t27-,28+,29+/m0/s1. The van der Waals surface area contributed by atoms with Crippen LogP contribution in [0.15, 0.2) is 120 Å². The highest BCUT2D eigenvalue weighted by molar-refractivity contribution is 9.10. The van der Waals surface area contributed by atoms with Crippen LogP contribution in [-0.2, 0) is 15.1 Å². The van der Waals surface area contributed by atoms with E-state index < -0.39 is 17.7 Å². The van der Waals surface area contributed by atoms with Crippen LogP contribution in [0.2, 0.25) is 0 Å². The fraction of sp³-hybridized carbons (Fsp3) is 0.219. The van der Waals surface area contributed by atoms with Gasteiger partial charge in [0.05, 0.1) is 6.61 Å². The summed E-state index contributed by atoms with van der Waals surface area (Å²) in [5.41, 5.74) is 2.90. The highest BCUT2D eigenvalue weighted by atomic mass is 79.9. The lowest BCUT2D eigenvalue weighted by Gasteiger charge is -2.48. The van der Waals surface area contributed by atoms with Gasteiger partial charge in [-0.2, -0.15) is 13.2 Å². The molecule has 8 heteroatoms. The summed E-state index contributed by atoms with van der Waals surface area (Å²) in [6.45, 7) is 0.111. The Morgan fingerprint density at radius 3 is 1.68 bits per heavy atom. The molecule has 206 valence electrons. The largest absolute Gasteiger partial charge is 0.471 e. The van der Waals surface area contributed by atoms with E-state index >= 15 is 0 Å². The number of halogens is 4. The minimum Gasteiger partial charge on any atom is -0.359 e. The minimum atomic E-state index is -4.93. The molecule has 2 N–H and O–H groups in total. The van der Waals surface area contributed by atoms with Crippen molar-refractivity contribution < 1.29 is 22.7 Å². The summed E-state index contributed by atoms with van der Waals surface area (Å²) in [6, 6.07) is 37.1. The van der Waals surface area contributed by atoms with Crippen LogP contribution in [0.1, 0.15) is 28.2 Å². The number of hydrogen-bond donors (Lipinski definition) is 2. The molecule has 1 amide bonds. The number of carbonyl (C=O) groups is 1. The average molecular weight is 609 g/mol. The first-order chi connectivity index (χ1) is 19.3. The van der Waals surface area contributed by atoms with Gasteiger partial charge in [0, 0.05) is 29.0 Å². The van der Waals surface area contributed by atoms with Gasteiger partial charge >= 0.3 is 12.1 Å². The van der Waals surface area contributed by atoms with E-state index in [-0.39, 0.29) is 31.2 Å². The van der Waals surface area contributed by atoms with Crippen molar-refractivity contribution in [3.05, 3.63) is 142 Å². The van der Waals surface area contributed by atoms with Crippen LogP contribution in [0.5, 0.6) is 0 Å². The Hall–Kier alpha value is -3.46. The molecule has 0 spiro atoms. The number of carbonyl (C=O) groups excluding carboxylic acids is 1. The molecule has 0 saturated carbocycles. The van der Waals surface area contributed by atoms with Gasteiger partial charge in [-0.15, -0.1) is 0 Å². The number of amides is 1. The maximum Gasteiger partial charge on any atom is 0.471 e. The number of ether oxygens (including phenoxy) is 1. The van der Waals surface area contributed by atoms with E-state index in [1.807, 2.05) is 121 Å². The van der Waals surface area contributed by atoms with Crippen molar-refractivity contribution in [3.63, 3.8) is 0 Å². The van der Waals surface area contributed by atoms with Crippen LogP contribution in [0.25, 0.3) is 0 Å². The zero-order valence-electron chi connectivity index (χ0n) is 21.4. The summed E-state index contributed by atoms with van der Waals surface area (Å²) in [4.78, 5) is 11.5. The predicted octanol–water partition coefficient (Wildman–Crippen LogP) is 6.56. The van der Waals surface area contributed by atoms with Gasteiger partial charge in [0.1, 0.15) is 5.60 Å². The number of alkyl halides is 3. The SMILES string of the molecule is O=C(NC[C@@H]1N[C@H](COC(c2ccccc2)(c2ccccc2)c2ccccc2)[C@@H]1c1ccc(Br)cc1)C(F)(F)F. The van der Waals surface area contributed by atoms with Gasteiger partial charge in [-0.05, 0) is 34.4 Å². The normalized spacial score (nSPS) is 19.1. The zero-order valence-corrected chi connectivity index (χ0v) is 23.0. The van der Waals surface area contributed by atoms with Crippen molar-refractivity contribution in [2.24, 2.45) is 0 Å². The van der Waals surface area contributed by atoms with Crippen LogP contribution < -0.4 is 10.6 Å². The molecule has 40 heavy (non-hydrogen) atoms. The first-order valence-electron chi connectivity index (χ1n) is 13.0. The molecule has 0 radical (unpaired) electrons. The van der Waals surface area contributed by atoms with E-state index in [9.17, 15) is 18.0 Å². The van der Waals surface area contributed by atoms with Gasteiger partial charge in [-0.3, -0.25) is 4.79 Å². The summed E-state index contributed by atoms with van der Waals surface area (Å²) >= 11 is 3.45. The Labute approximate surface area is 239 Å². The molecule has 0 aliphatic carbocycles. The maximum absolute atomic E-state index is 12.8. The monoisotopic (exact) mass is 608 g/mol. The number of nitrogens with one attached hydrogen (secondary N) is 2. The zero-order chi connectivity index (χ0) is 28.2. The third-order valence-corrected chi connectivity index (χ3v) is 7.84. The van der Waals surface area contributed by atoms with Gasteiger partial charge in [-0.25, -0.2) is 0 Å². The Morgan fingerprint density at radius 2 is 1.23 bits per heavy atom. The lowest BCUT2D eigenvalue weighted by molar-refractivity contribution is -0.173. The van der Waals surface area contributed by atoms with E-state index in [1.54, 1.807) is 0 Å². The maximum atomic E-state index is 12.8. The first-order valence-corrected chi connectivity index (χ1v) is 13.8. The highest BCUT2D eigenvalue weighted by Gasteiger charge is 2.46. The van der Waals surface area contributed by atoms with Gasteiger partial charge in [0.15, 0.2) is 0 Å². The number of benzene rings is 4. The third kappa shape index (κ3) is 5.84. The van der Waals surface area contributed by atoms with Crippen molar-refractivity contribution in [2.45, 2.75) is 29.8 Å². The molecule has 1 aliphatic rings. The fourth-order valence-electron chi connectivity index (χ4n) is 5.42. The average Bonchev–Trinajstić information content (AvgIpc) is 2.96. The quantitative estimate of drug-likeness (QED) is 0.212. The molecule has 5 rings (SSSR count). The highest BCUT2D eigenvalue weighted by Crippen LogP contribution is 2.42. The molecular weight excluding hydrogens is 581 g/mol. The van der Waals surface area contributed by atoms with E-state index in [0.717, 1.165) is 26.7 Å². The van der Waals surface area contributed by atoms with Gasteiger partial charge < -0.3 is 15.4 Å². The summed E-state index contributed by atoms with van der Waals surface area (Å²) in [5.74, 6) is -2.12. The van der Waals surface area contributed by atoms with E-state index in [4.69, 9.17) is 4.74 Å². The predicted molar refractivity (Wildman–Crippen MR) is 152 cm³/mol. The van der Waals surface area contributed by atoms with Crippen LogP contribution in [0.3, 0.4) is 0 Å². The second-order valence-electron chi connectivity index (χ2n) is 9.76. The van der Waals surface area contributed by atoms with Crippen LogP contribution >= 0.6 is 15.9 Å². The molecule has 0 unspecified atom stereocenters. The van der Waals surface area contributed by atoms with E-state index in [1.165, 1.54) is 0 Å². The summed E-state index contributed by atoms with van der Waals surface area (Å²) in [6.07, 6.45) is -4.93. The molecule has 1 aliphatic heterocycles. The Balaban J connectivity index is 1.47. The van der Waals surface area contributed by atoms with Crippen molar-refractivity contribution in [1.82, 2.24) is 10.6 Å². The minimum absolute atomic E-state index is 0.156. The van der Waals surface area contributed by atoms with Crippen LogP contribution in [0.4, 0.5) is 13.2 Å². The van der Waals surface area contributed by atoms with Crippen LogP contribution in [-0.4, -0.2) is 37.3 Å². The van der Waals surface area contributed by atoms with Gasteiger partial charge in [0.2, 0.25) is 0 Å². The lowest BCUT2D eigenvalue weighted by atomic mass is 9.76. The second-order valence-corrected chi connectivity index (χ2v) is 10.7. The van der Waals surface area contributed by atoms with Crippen LogP contribution in [0, 0.1) is 0 Å². The molecule has 1 fully saturated rings. The first kappa shape index (κ1) is 28.1. The molecular formula is C32H28BrF3N2O2. The molecule has 4 nitrogen and oxygen atoms in total. The van der Waals surface area contributed by atoms with Crippen molar-refractivity contribution >= 4 is 21.8 Å². The molecule has 0 bridgehead atoms. The van der Waals surface area contributed by atoms with E-state index in [2.05, 4.69) is 21.2 Å². The van der Waals surface area contributed by atoms with Gasteiger partial charge in [-0.1, -0.05) is 119 Å². The van der Waals surface area contributed by atoms with Gasteiger partial charge in [0.25, 0.3) is 0 Å². The molecule has 1 saturated heterocycles. The lowest BCUT2D eigenvalue weighted by Crippen LogP contribution is -2.65. The van der Waals surface area contributed by atoms with Crippen molar-refractivity contribution in [1.29, 1.82) is 0 Å².